The van der Waals surface area contributed by atoms with E-state index in [1.54, 1.807) is 7.11 Å². The second-order valence-electron chi connectivity index (χ2n) is 6.89. The molecule has 1 aliphatic carbocycles. The van der Waals surface area contributed by atoms with E-state index in [1.807, 2.05) is 12.1 Å². The van der Waals surface area contributed by atoms with Crippen molar-refractivity contribution in [1.82, 2.24) is 4.90 Å². The summed E-state index contributed by atoms with van der Waals surface area (Å²) in [5, 5.41) is 0. The molecule has 4 heteroatoms. The van der Waals surface area contributed by atoms with Crippen molar-refractivity contribution >= 4 is 18.2 Å². The number of hydrogen-bond acceptors (Lipinski definition) is 3. The summed E-state index contributed by atoms with van der Waals surface area (Å²) in [6.07, 6.45) is 8.70. The van der Waals surface area contributed by atoms with E-state index < -0.39 is 0 Å². The second kappa shape index (κ2) is 8.87. The molecule has 0 aromatic heterocycles. The highest BCUT2D eigenvalue weighted by molar-refractivity contribution is 5.98. The molecule has 0 N–H and O–H groups in total. The first-order valence-corrected chi connectivity index (χ1v) is 9.23. The van der Waals surface area contributed by atoms with Gasteiger partial charge in [-0.1, -0.05) is 13.3 Å². The zero-order valence-electron chi connectivity index (χ0n) is 15.0. The summed E-state index contributed by atoms with van der Waals surface area (Å²) >= 11 is 0. The molecule has 1 unspecified atom stereocenters. The third-order valence-electron chi connectivity index (χ3n) is 5.41. The first-order valence-electron chi connectivity index (χ1n) is 9.23. The Bertz CT molecular complexity index is 567. The molecule has 3 nitrogen and oxygen atoms in total. The monoisotopic (exact) mass is 351 g/mol. The summed E-state index contributed by atoms with van der Waals surface area (Å²) in [6, 6.07) is 4.44. The van der Waals surface area contributed by atoms with Gasteiger partial charge in [0, 0.05) is 18.0 Å². The minimum atomic E-state index is 0. The fourth-order valence-corrected chi connectivity index (χ4v) is 4.22. The van der Waals surface area contributed by atoms with E-state index >= 15 is 0 Å². The molecule has 3 rings (SSSR count). The van der Waals surface area contributed by atoms with E-state index in [-0.39, 0.29) is 12.4 Å². The van der Waals surface area contributed by atoms with Crippen LogP contribution in [0, 0.1) is 0 Å². The Balaban J connectivity index is 0.00000208. The number of methoxy groups -OCH3 is 1. The van der Waals surface area contributed by atoms with E-state index in [9.17, 15) is 4.79 Å². The van der Waals surface area contributed by atoms with Gasteiger partial charge in [-0.15, -0.1) is 12.4 Å². The Labute approximate surface area is 152 Å². The van der Waals surface area contributed by atoms with Crippen LogP contribution in [-0.4, -0.2) is 30.9 Å². The number of unbranched alkanes of at least 4 members (excludes halogenated alkanes) is 1. The molecule has 134 valence electrons. The third kappa shape index (κ3) is 3.78. The molecule has 1 atom stereocenters. The van der Waals surface area contributed by atoms with Gasteiger partial charge in [0.2, 0.25) is 0 Å². The maximum Gasteiger partial charge on any atom is 0.163 e. The molecule has 0 amide bonds. The topological polar surface area (TPSA) is 29.5 Å². The number of carbonyl (C=O) groups excluding carboxylic acids is 1. The number of rotatable bonds is 6. The standard InChI is InChI=1S/C20H29NO2.ClH/c1-3-4-10-18(22)15-11-12-19(23-2)16-8-7-9-17(20(15)16)21-13-5-6-14-21;/h11-12,17H,3-10,13-14H2,1-2H3;1H. The Kier molecular flexibility index (Phi) is 7.12. The molecule has 1 aliphatic heterocycles. The predicted molar refractivity (Wildman–Crippen MR) is 101 cm³/mol. The van der Waals surface area contributed by atoms with E-state index in [0.717, 1.165) is 30.6 Å². The maximum absolute atomic E-state index is 12.8. The lowest BCUT2D eigenvalue weighted by atomic mass is 9.81. The number of likely N-dealkylation sites (tertiary alicyclic amines) is 1. The van der Waals surface area contributed by atoms with Crippen molar-refractivity contribution in [2.75, 3.05) is 20.2 Å². The average Bonchev–Trinajstić information content (AvgIpc) is 3.12. The summed E-state index contributed by atoms with van der Waals surface area (Å²) in [7, 11) is 1.74. The van der Waals surface area contributed by atoms with E-state index in [1.165, 1.54) is 49.9 Å². The Morgan fingerprint density at radius 1 is 1.25 bits per heavy atom. The normalized spacial score (nSPS) is 20.3. The van der Waals surface area contributed by atoms with Crippen molar-refractivity contribution in [3.63, 3.8) is 0 Å². The smallest absolute Gasteiger partial charge is 0.163 e. The van der Waals surface area contributed by atoms with Gasteiger partial charge in [-0.05, 0) is 74.9 Å². The predicted octanol–water partition coefficient (Wildman–Crippen LogP) is 4.96. The number of ether oxygens (including phenoxy) is 1. The van der Waals surface area contributed by atoms with Gasteiger partial charge in [-0.25, -0.2) is 0 Å². The fourth-order valence-electron chi connectivity index (χ4n) is 4.22. The van der Waals surface area contributed by atoms with Gasteiger partial charge in [0.15, 0.2) is 5.78 Å². The number of ketones is 1. The van der Waals surface area contributed by atoms with Crippen molar-refractivity contribution < 1.29 is 9.53 Å². The molecular weight excluding hydrogens is 322 g/mol. The van der Waals surface area contributed by atoms with Gasteiger partial charge in [-0.3, -0.25) is 9.69 Å². The van der Waals surface area contributed by atoms with Gasteiger partial charge in [-0.2, -0.15) is 0 Å². The highest BCUT2D eigenvalue weighted by atomic mass is 35.5. The molecule has 24 heavy (non-hydrogen) atoms. The van der Waals surface area contributed by atoms with Crippen LogP contribution in [0.4, 0.5) is 0 Å². The van der Waals surface area contributed by atoms with Crippen molar-refractivity contribution in [1.29, 1.82) is 0 Å². The number of nitrogens with zero attached hydrogens (tertiary/aromatic N) is 1. The SMILES string of the molecule is CCCCC(=O)c1ccc(OC)c2c1C(N1CCCC1)CCC2.Cl. The molecule has 1 saturated heterocycles. The molecule has 2 aliphatic rings. The van der Waals surface area contributed by atoms with E-state index in [2.05, 4.69) is 11.8 Å². The summed E-state index contributed by atoms with van der Waals surface area (Å²) < 4.78 is 5.61. The molecular formula is C20H30ClNO2. The van der Waals surface area contributed by atoms with Crippen LogP contribution in [-0.2, 0) is 6.42 Å². The van der Waals surface area contributed by atoms with Crippen LogP contribution in [0.5, 0.6) is 5.75 Å². The molecule has 0 saturated carbocycles. The van der Waals surface area contributed by atoms with Crippen molar-refractivity contribution in [3.05, 3.63) is 28.8 Å². The van der Waals surface area contributed by atoms with Crippen LogP contribution in [0.2, 0.25) is 0 Å². The fraction of sp³-hybridized carbons (Fsp3) is 0.650. The van der Waals surface area contributed by atoms with Gasteiger partial charge in [0.1, 0.15) is 5.75 Å². The van der Waals surface area contributed by atoms with E-state index in [4.69, 9.17) is 4.74 Å². The van der Waals surface area contributed by atoms with Gasteiger partial charge < -0.3 is 4.74 Å². The van der Waals surface area contributed by atoms with Crippen molar-refractivity contribution in [3.8, 4) is 5.75 Å². The largest absolute Gasteiger partial charge is 0.496 e. The number of benzene rings is 1. The number of halogens is 1. The number of fused-ring (bicyclic) bond motifs is 1. The second-order valence-corrected chi connectivity index (χ2v) is 6.89. The van der Waals surface area contributed by atoms with Crippen molar-refractivity contribution in [2.45, 2.75) is 64.3 Å². The highest BCUT2D eigenvalue weighted by Gasteiger charge is 2.32. The van der Waals surface area contributed by atoms with Crippen LogP contribution >= 0.6 is 12.4 Å². The van der Waals surface area contributed by atoms with Crippen LogP contribution in [0.15, 0.2) is 12.1 Å². The zero-order valence-corrected chi connectivity index (χ0v) is 15.8. The quantitative estimate of drug-likeness (QED) is 0.678. The lowest BCUT2D eigenvalue weighted by molar-refractivity contribution is 0.0975. The number of Topliss-reactive ketones (excluding diaryl/α,β-unsaturated/α-hetero) is 1. The Morgan fingerprint density at radius 3 is 2.67 bits per heavy atom. The van der Waals surface area contributed by atoms with Gasteiger partial charge in [0.25, 0.3) is 0 Å². The lowest BCUT2D eigenvalue weighted by Crippen LogP contribution is -2.30. The van der Waals surface area contributed by atoms with E-state index in [0.29, 0.717) is 18.2 Å². The summed E-state index contributed by atoms with van der Waals surface area (Å²) in [4.78, 5) is 15.4. The molecule has 0 bridgehead atoms. The Morgan fingerprint density at radius 2 is 2.00 bits per heavy atom. The summed E-state index contributed by atoms with van der Waals surface area (Å²) in [6.45, 7) is 4.48. The maximum atomic E-state index is 12.8. The van der Waals surface area contributed by atoms with Crippen LogP contribution < -0.4 is 4.74 Å². The lowest BCUT2D eigenvalue weighted by Gasteiger charge is -2.35. The molecule has 1 aromatic rings. The van der Waals surface area contributed by atoms with Crippen molar-refractivity contribution in [2.24, 2.45) is 0 Å². The molecule has 1 fully saturated rings. The van der Waals surface area contributed by atoms with Crippen LogP contribution in [0.3, 0.4) is 0 Å². The third-order valence-corrected chi connectivity index (χ3v) is 5.41. The van der Waals surface area contributed by atoms with Gasteiger partial charge in [0.05, 0.1) is 7.11 Å². The Hall–Kier alpha value is -1.06. The molecule has 0 radical (unpaired) electrons. The number of hydrogen-bond donors (Lipinski definition) is 0. The van der Waals surface area contributed by atoms with Crippen LogP contribution in [0.1, 0.15) is 79.4 Å². The minimum Gasteiger partial charge on any atom is -0.496 e. The van der Waals surface area contributed by atoms with Crippen LogP contribution in [0.25, 0.3) is 0 Å². The first kappa shape index (κ1) is 19.3. The molecule has 1 heterocycles. The molecule has 0 spiro atoms. The van der Waals surface area contributed by atoms with Gasteiger partial charge >= 0.3 is 0 Å². The summed E-state index contributed by atoms with van der Waals surface area (Å²) in [5.74, 6) is 1.28. The minimum absolute atomic E-state index is 0. The zero-order chi connectivity index (χ0) is 16.2. The summed E-state index contributed by atoms with van der Waals surface area (Å²) in [5.41, 5.74) is 3.54. The highest BCUT2D eigenvalue weighted by Crippen LogP contribution is 2.42. The average molecular weight is 352 g/mol. The molecule has 1 aromatic carbocycles. The first-order chi connectivity index (χ1) is 11.3. The number of carbonyl (C=O) groups is 1.